The summed E-state index contributed by atoms with van der Waals surface area (Å²) in [6.07, 6.45) is 6.65. The summed E-state index contributed by atoms with van der Waals surface area (Å²) in [6, 6.07) is 14.0. The van der Waals surface area contributed by atoms with Crippen LogP contribution in [0.25, 0.3) is 0 Å². The summed E-state index contributed by atoms with van der Waals surface area (Å²) in [5, 5.41) is 15.2. The van der Waals surface area contributed by atoms with E-state index < -0.39 is 0 Å². The molecule has 8 heteroatoms. The SMILES string of the molecule is CC(C)[C@H]1CN(/C(=C\C2CCCCN2)Nc2ccc(C(=O)NCCc3ccc(Cl)cc3Cl)cc2)CCN1. The van der Waals surface area contributed by atoms with Crippen LogP contribution in [0.4, 0.5) is 5.69 Å². The van der Waals surface area contributed by atoms with Gasteiger partial charge in [-0.05, 0) is 79.8 Å². The molecular formula is C29H39Cl2N5O. The highest BCUT2D eigenvalue weighted by Crippen LogP contribution is 2.22. The second-order valence-corrected chi connectivity index (χ2v) is 11.1. The zero-order valence-corrected chi connectivity index (χ0v) is 23.3. The summed E-state index contributed by atoms with van der Waals surface area (Å²) in [6.45, 7) is 9.03. The largest absolute Gasteiger partial charge is 0.356 e. The second kappa shape index (κ2) is 13.5. The lowest BCUT2D eigenvalue weighted by molar-refractivity contribution is 0.0954. The van der Waals surface area contributed by atoms with Crippen molar-refractivity contribution in [2.24, 2.45) is 5.92 Å². The van der Waals surface area contributed by atoms with Crippen molar-refractivity contribution in [3.8, 4) is 0 Å². The number of nitrogens with one attached hydrogen (secondary N) is 4. The Morgan fingerprint density at radius 3 is 2.62 bits per heavy atom. The summed E-state index contributed by atoms with van der Waals surface area (Å²) < 4.78 is 0. The molecule has 200 valence electrons. The molecule has 2 aliphatic rings. The summed E-state index contributed by atoms with van der Waals surface area (Å²) in [5.41, 5.74) is 2.57. The van der Waals surface area contributed by atoms with Gasteiger partial charge in [0, 0.05) is 59.6 Å². The number of benzene rings is 2. The fraction of sp³-hybridized carbons (Fsp3) is 0.483. The number of piperidine rings is 1. The number of piperazine rings is 1. The molecule has 1 amide bonds. The van der Waals surface area contributed by atoms with Crippen LogP contribution in [0.1, 0.15) is 49.0 Å². The molecule has 4 N–H and O–H groups in total. The molecule has 0 aliphatic carbocycles. The molecule has 2 aromatic carbocycles. The summed E-state index contributed by atoms with van der Waals surface area (Å²) >= 11 is 12.2. The van der Waals surface area contributed by atoms with Crippen LogP contribution in [-0.2, 0) is 6.42 Å². The van der Waals surface area contributed by atoms with Crippen molar-refractivity contribution in [3.63, 3.8) is 0 Å². The topological polar surface area (TPSA) is 68.4 Å². The van der Waals surface area contributed by atoms with Gasteiger partial charge in [0.05, 0.1) is 0 Å². The van der Waals surface area contributed by atoms with Crippen LogP contribution in [0.2, 0.25) is 10.0 Å². The molecule has 2 aliphatic heterocycles. The van der Waals surface area contributed by atoms with Gasteiger partial charge in [0.2, 0.25) is 0 Å². The molecule has 1 unspecified atom stereocenters. The standard InChI is InChI=1S/C29H39Cl2N5O/c1-20(2)27-19-36(16-15-33-27)28(18-25-5-3-4-13-32-25)35-24-10-7-22(8-11-24)29(37)34-14-12-21-6-9-23(30)17-26(21)31/h6-11,17-18,20,25,27,32-33,35H,3-5,12-16,19H2,1-2H3,(H,34,37)/b28-18-/t25?,27-/m1/s1. The molecule has 0 spiro atoms. The first-order valence-corrected chi connectivity index (χ1v) is 14.2. The van der Waals surface area contributed by atoms with Crippen LogP contribution in [0.5, 0.6) is 0 Å². The number of halogens is 2. The number of rotatable bonds is 9. The van der Waals surface area contributed by atoms with Crippen LogP contribution < -0.4 is 21.3 Å². The molecule has 2 aromatic rings. The quantitative estimate of drug-likeness (QED) is 0.346. The third-order valence-electron chi connectivity index (χ3n) is 7.17. The Morgan fingerprint density at radius 2 is 1.92 bits per heavy atom. The molecular weight excluding hydrogens is 505 g/mol. The Bertz CT molecular complexity index is 1070. The maximum Gasteiger partial charge on any atom is 0.251 e. The molecule has 37 heavy (non-hydrogen) atoms. The van der Waals surface area contributed by atoms with Gasteiger partial charge in [-0.25, -0.2) is 0 Å². The number of hydrogen-bond donors (Lipinski definition) is 4. The monoisotopic (exact) mass is 543 g/mol. The van der Waals surface area contributed by atoms with Crippen LogP contribution in [-0.4, -0.2) is 55.6 Å². The molecule has 0 bridgehead atoms. The Kier molecular flexibility index (Phi) is 10.1. The number of hydrogen-bond acceptors (Lipinski definition) is 5. The maximum atomic E-state index is 12.7. The number of amides is 1. The first-order chi connectivity index (χ1) is 17.9. The highest BCUT2D eigenvalue weighted by atomic mass is 35.5. The Labute approximate surface area is 231 Å². The summed E-state index contributed by atoms with van der Waals surface area (Å²) in [4.78, 5) is 15.2. The van der Waals surface area contributed by atoms with Crippen LogP contribution in [0.3, 0.4) is 0 Å². The average Bonchev–Trinajstić information content (AvgIpc) is 2.90. The van der Waals surface area contributed by atoms with Crippen molar-refractivity contribution in [1.82, 2.24) is 20.9 Å². The molecule has 2 atom stereocenters. The smallest absolute Gasteiger partial charge is 0.251 e. The zero-order valence-electron chi connectivity index (χ0n) is 21.8. The van der Waals surface area contributed by atoms with Gasteiger partial charge < -0.3 is 26.2 Å². The van der Waals surface area contributed by atoms with E-state index in [-0.39, 0.29) is 5.91 Å². The van der Waals surface area contributed by atoms with E-state index in [1.54, 1.807) is 6.07 Å². The number of carbonyl (C=O) groups excluding carboxylic acids is 1. The van der Waals surface area contributed by atoms with Crippen molar-refractivity contribution in [2.75, 3.05) is 38.0 Å². The summed E-state index contributed by atoms with van der Waals surface area (Å²) in [7, 11) is 0. The Balaban J connectivity index is 1.38. The van der Waals surface area contributed by atoms with Gasteiger partial charge in [-0.2, -0.15) is 0 Å². The van der Waals surface area contributed by atoms with Gasteiger partial charge in [0.25, 0.3) is 5.91 Å². The molecule has 2 heterocycles. The predicted molar refractivity (Wildman–Crippen MR) is 154 cm³/mol. The molecule has 6 nitrogen and oxygen atoms in total. The fourth-order valence-corrected chi connectivity index (χ4v) is 5.37. The lowest BCUT2D eigenvalue weighted by Gasteiger charge is -2.39. The highest BCUT2D eigenvalue weighted by Gasteiger charge is 2.24. The van der Waals surface area contributed by atoms with E-state index in [0.717, 1.165) is 49.7 Å². The van der Waals surface area contributed by atoms with E-state index in [2.05, 4.69) is 46.1 Å². The number of nitrogens with zero attached hydrogens (tertiary/aromatic N) is 1. The second-order valence-electron chi connectivity index (χ2n) is 10.3. The van der Waals surface area contributed by atoms with E-state index in [1.807, 2.05) is 36.4 Å². The normalized spacial score (nSPS) is 20.7. The third-order valence-corrected chi connectivity index (χ3v) is 7.76. The van der Waals surface area contributed by atoms with Crippen molar-refractivity contribution in [1.29, 1.82) is 0 Å². The van der Waals surface area contributed by atoms with Gasteiger partial charge in [0.1, 0.15) is 5.82 Å². The Hall–Kier alpha value is -2.25. The van der Waals surface area contributed by atoms with Crippen molar-refractivity contribution in [2.45, 2.75) is 51.6 Å². The molecule has 0 saturated carbocycles. The van der Waals surface area contributed by atoms with E-state index >= 15 is 0 Å². The minimum atomic E-state index is -0.0966. The van der Waals surface area contributed by atoms with Crippen molar-refractivity contribution in [3.05, 3.63) is 75.5 Å². The van der Waals surface area contributed by atoms with Crippen molar-refractivity contribution >= 4 is 34.8 Å². The first-order valence-electron chi connectivity index (χ1n) is 13.4. The minimum absolute atomic E-state index is 0.0966. The van der Waals surface area contributed by atoms with Crippen LogP contribution in [0, 0.1) is 5.92 Å². The summed E-state index contributed by atoms with van der Waals surface area (Å²) in [5.74, 6) is 1.62. The van der Waals surface area contributed by atoms with Crippen LogP contribution in [0.15, 0.2) is 54.4 Å². The fourth-order valence-electron chi connectivity index (χ4n) is 4.87. The van der Waals surface area contributed by atoms with E-state index in [4.69, 9.17) is 23.2 Å². The average molecular weight is 545 g/mol. The van der Waals surface area contributed by atoms with Crippen LogP contribution >= 0.6 is 23.2 Å². The molecule has 4 rings (SSSR count). The first kappa shape index (κ1) is 27.8. The molecule has 2 saturated heterocycles. The Morgan fingerprint density at radius 1 is 1.11 bits per heavy atom. The molecule has 0 radical (unpaired) electrons. The van der Waals surface area contributed by atoms with Gasteiger partial charge in [-0.1, -0.05) is 49.5 Å². The maximum absolute atomic E-state index is 12.7. The third kappa shape index (κ3) is 8.11. The highest BCUT2D eigenvalue weighted by molar-refractivity contribution is 6.35. The number of carbonyl (C=O) groups is 1. The lowest BCUT2D eigenvalue weighted by atomic mass is 10.0. The molecule has 2 fully saturated rings. The predicted octanol–water partition coefficient (Wildman–Crippen LogP) is 5.29. The lowest BCUT2D eigenvalue weighted by Crippen LogP contribution is -2.53. The van der Waals surface area contributed by atoms with Gasteiger partial charge >= 0.3 is 0 Å². The minimum Gasteiger partial charge on any atom is -0.356 e. The zero-order chi connectivity index (χ0) is 26.2. The van der Waals surface area contributed by atoms with Gasteiger partial charge in [-0.15, -0.1) is 0 Å². The van der Waals surface area contributed by atoms with E-state index in [9.17, 15) is 4.79 Å². The van der Waals surface area contributed by atoms with Gasteiger partial charge in [0.15, 0.2) is 0 Å². The molecule has 0 aromatic heterocycles. The van der Waals surface area contributed by atoms with Gasteiger partial charge in [-0.3, -0.25) is 4.79 Å². The van der Waals surface area contributed by atoms with Crippen molar-refractivity contribution < 1.29 is 4.79 Å². The van der Waals surface area contributed by atoms with E-state index in [1.165, 1.54) is 12.8 Å². The van der Waals surface area contributed by atoms with E-state index in [0.29, 0.717) is 46.6 Å². The number of anilines is 1.